The van der Waals surface area contributed by atoms with Gasteiger partial charge >= 0.3 is 18.0 Å². The highest BCUT2D eigenvalue weighted by Gasteiger charge is 2.39. The second kappa shape index (κ2) is 9.06. The summed E-state index contributed by atoms with van der Waals surface area (Å²) in [6.07, 6.45) is 2.53. The first-order valence-corrected chi connectivity index (χ1v) is 8.98. The summed E-state index contributed by atoms with van der Waals surface area (Å²) in [6, 6.07) is 0. The van der Waals surface area contributed by atoms with Crippen LogP contribution in [0.4, 0.5) is 4.79 Å². The minimum Gasteiger partial charge on any atom is -0.480 e. The normalized spacial score (nSPS) is 18.7. The molecule has 0 aromatic carbocycles. The number of ether oxygens (including phenoxy) is 2. The van der Waals surface area contributed by atoms with Crippen molar-refractivity contribution in [3.63, 3.8) is 0 Å². The van der Waals surface area contributed by atoms with Gasteiger partial charge in [-0.1, -0.05) is 53.4 Å². The summed E-state index contributed by atoms with van der Waals surface area (Å²) in [7, 11) is 0. The van der Waals surface area contributed by atoms with Crippen LogP contribution in [0.15, 0.2) is 0 Å². The molecule has 0 bridgehead atoms. The van der Waals surface area contributed by atoms with E-state index in [1.807, 2.05) is 0 Å². The predicted octanol–water partition coefficient (Wildman–Crippen LogP) is 3.32. The van der Waals surface area contributed by atoms with Crippen LogP contribution < -0.4 is 5.32 Å². The van der Waals surface area contributed by atoms with E-state index in [0.717, 1.165) is 25.7 Å². The second-order valence-electron chi connectivity index (χ2n) is 7.73. The molecule has 0 spiro atoms. The molecule has 0 aliphatic heterocycles. The summed E-state index contributed by atoms with van der Waals surface area (Å²) in [5.41, 5.74) is -1.41. The number of rotatable bonds is 8. The van der Waals surface area contributed by atoms with Gasteiger partial charge in [-0.05, 0) is 19.3 Å². The average Bonchev–Trinajstić information content (AvgIpc) is 2.98. The lowest BCUT2D eigenvalue weighted by Crippen LogP contribution is -2.54. The minimum atomic E-state index is -1.41. The number of nitrogens with one attached hydrogen (secondary N) is 1. The Balaban J connectivity index is 2.71. The monoisotopic (exact) mass is 357 g/mol. The molecule has 7 nitrogen and oxygen atoms in total. The number of amides is 1. The van der Waals surface area contributed by atoms with Gasteiger partial charge in [-0.15, -0.1) is 0 Å². The first kappa shape index (κ1) is 21.3. The van der Waals surface area contributed by atoms with Crippen molar-refractivity contribution in [2.75, 3.05) is 0 Å². The van der Waals surface area contributed by atoms with Crippen LogP contribution in [0.1, 0.15) is 66.7 Å². The molecular formula is C18H31NO6. The van der Waals surface area contributed by atoms with Gasteiger partial charge in [-0.3, -0.25) is 4.79 Å². The van der Waals surface area contributed by atoms with E-state index < -0.39 is 29.9 Å². The number of carboxylic acid groups (broad SMARTS) is 1. The molecule has 1 rings (SSSR count). The number of aliphatic carboxylic acids is 1. The van der Waals surface area contributed by atoms with E-state index in [1.54, 1.807) is 27.7 Å². The quantitative estimate of drug-likeness (QED) is 0.510. The molecule has 25 heavy (non-hydrogen) atoms. The van der Waals surface area contributed by atoms with Crippen molar-refractivity contribution in [1.29, 1.82) is 0 Å². The van der Waals surface area contributed by atoms with Crippen molar-refractivity contribution in [1.82, 2.24) is 5.32 Å². The Hall–Kier alpha value is -1.79. The summed E-state index contributed by atoms with van der Waals surface area (Å²) in [4.78, 5) is 35.6. The van der Waals surface area contributed by atoms with Gasteiger partial charge in [0.05, 0.1) is 5.92 Å². The van der Waals surface area contributed by atoms with Crippen LogP contribution in [-0.4, -0.2) is 35.0 Å². The fourth-order valence-corrected chi connectivity index (χ4v) is 2.89. The van der Waals surface area contributed by atoms with Crippen molar-refractivity contribution in [3.8, 4) is 0 Å². The van der Waals surface area contributed by atoms with E-state index in [1.165, 1.54) is 6.92 Å². The van der Waals surface area contributed by atoms with Gasteiger partial charge < -0.3 is 19.9 Å². The Morgan fingerprint density at radius 3 is 2.12 bits per heavy atom. The molecular weight excluding hydrogens is 326 g/mol. The van der Waals surface area contributed by atoms with E-state index >= 15 is 0 Å². The van der Waals surface area contributed by atoms with Gasteiger partial charge in [-0.25, -0.2) is 9.59 Å². The van der Waals surface area contributed by atoms with Crippen LogP contribution in [0.5, 0.6) is 0 Å². The topological polar surface area (TPSA) is 102 Å². The van der Waals surface area contributed by atoms with Crippen molar-refractivity contribution in [2.45, 2.75) is 78.6 Å². The van der Waals surface area contributed by atoms with Crippen LogP contribution in [-0.2, 0) is 19.1 Å². The molecule has 0 heterocycles. The minimum absolute atomic E-state index is 0.251. The summed E-state index contributed by atoms with van der Waals surface area (Å²) < 4.78 is 10.4. The Bertz CT molecular complexity index is 484. The Morgan fingerprint density at radius 1 is 1.12 bits per heavy atom. The molecule has 2 atom stereocenters. The van der Waals surface area contributed by atoms with Crippen molar-refractivity contribution >= 4 is 18.0 Å². The van der Waals surface area contributed by atoms with E-state index in [9.17, 15) is 19.5 Å². The molecule has 1 aliphatic rings. The molecule has 144 valence electrons. The number of hydrogen-bond donors (Lipinski definition) is 2. The molecule has 0 unspecified atom stereocenters. The van der Waals surface area contributed by atoms with E-state index in [-0.39, 0.29) is 17.8 Å². The third-order valence-corrected chi connectivity index (χ3v) is 4.49. The molecule has 1 aliphatic carbocycles. The lowest BCUT2D eigenvalue weighted by Gasteiger charge is -2.30. The smallest absolute Gasteiger partial charge is 0.411 e. The molecule has 0 saturated heterocycles. The maximum atomic E-state index is 12.2. The highest BCUT2D eigenvalue weighted by atomic mass is 16.7. The summed E-state index contributed by atoms with van der Waals surface area (Å²) in [5.74, 6) is -1.89. The molecule has 1 amide bonds. The lowest BCUT2D eigenvalue weighted by atomic mass is 9.88. The van der Waals surface area contributed by atoms with Crippen LogP contribution >= 0.6 is 0 Å². The zero-order valence-electron chi connectivity index (χ0n) is 15.8. The molecule has 0 aromatic heterocycles. The molecule has 7 heteroatoms. The van der Waals surface area contributed by atoms with Crippen molar-refractivity contribution in [2.24, 2.45) is 17.8 Å². The number of carboxylic acids is 1. The van der Waals surface area contributed by atoms with E-state index in [2.05, 4.69) is 5.32 Å². The molecule has 1 saturated carbocycles. The predicted molar refractivity (Wildman–Crippen MR) is 91.8 cm³/mol. The molecule has 2 N–H and O–H groups in total. The fourth-order valence-electron chi connectivity index (χ4n) is 2.89. The summed E-state index contributed by atoms with van der Waals surface area (Å²) >= 11 is 0. The van der Waals surface area contributed by atoms with E-state index in [0.29, 0.717) is 6.42 Å². The third kappa shape index (κ3) is 6.55. The number of carbonyl (C=O) groups is 3. The zero-order valence-corrected chi connectivity index (χ0v) is 15.8. The number of alkyl carbamates (subject to hydrolysis) is 1. The Morgan fingerprint density at radius 2 is 1.68 bits per heavy atom. The average molecular weight is 357 g/mol. The number of hydrogen-bond acceptors (Lipinski definition) is 5. The standard InChI is InChI=1S/C18H31NO6/c1-11(2)14(20)24-15(12(3)4)25-17(23)19-18(5,16(21)22)10-13-8-6-7-9-13/h11-13,15H,6-10H2,1-5H3,(H,19,23)(H,21,22)/t15-,18+/m1/s1. The van der Waals surface area contributed by atoms with Gasteiger partial charge in [0.25, 0.3) is 6.29 Å². The fraction of sp³-hybridized carbons (Fsp3) is 0.833. The third-order valence-electron chi connectivity index (χ3n) is 4.49. The van der Waals surface area contributed by atoms with Gasteiger partial charge in [0.15, 0.2) is 0 Å². The summed E-state index contributed by atoms with van der Waals surface area (Å²) in [6.45, 7) is 8.35. The van der Waals surface area contributed by atoms with Gasteiger partial charge in [0.1, 0.15) is 5.54 Å². The molecule has 0 aromatic rings. The summed E-state index contributed by atoms with van der Waals surface area (Å²) in [5, 5.41) is 12.0. The van der Waals surface area contributed by atoms with E-state index in [4.69, 9.17) is 9.47 Å². The Kier molecular flexibility index (Phi) is 7.70. The SMILES string of the molecule is CC(C)C(=O)O[C@H](OC(=O)N[C@@](C)(CC1CCCC1)C(=O)O)C(C)C. The number of esters is 1. The first-order valence-electron chi connectivity index (χ1n) is 8.98. The van der Waals surface area contributed by atoms with Gasteiger partial charge in [0.2, 0.25) is 0 Å². The van der Waals surface area contributed by atoms with Crippen molar-refractivity contribution in [3.05, 3.63) is 0 Å². The van der Waals surface area contributed by atoms with Crippen LogP contribution in [0, 0.1) is 17.8 Å². The van der Waals surface area contributed by atoms with Crippen molar-refractivity contribution < 1.29 is 29.0 Å². The first-order chi connectivity index (χ1) is 11.5. The molecule has 0 radical (unpaired) electrons. The maximum absolute atomic E-state index is 12.2. The van der Waals surface area contributed by atoms with Gasteiger partial charge in [0, 0.05) is 5.92 Å². The Labute approximate surface area is 149 Å². The van der Waals surface area contributed by atoms with Gasteiger partial charge in [-0.2, -0.15) is 0 Å². The molecule has 1 fully saturated rings. The van der Waals surface area contributed by atoms with Crippen LogP contribution in [0.3, 0.4) is 0 Å². The highest BCUT2D eigenvalue weighted by Crippen LogP contribution is 2.32. The maximum Gasteiger partial charge on any atom is 0.411 e. The highest BCUT2D eigenvalue weighted by molar-refractivity contribution is 5.84. The lowest BCUT2D eigenvalue weighted by molar-refractivity contribution is -0.179. The largest absolute Gasteiger partial charge is 0.480 e. The zero-order chi connectivity index (χ0) is 19.2. The van der Waals surface area contributed by atoms with Crippen LogP contribution in [0.25, 0.3) is 0 Å². The van der Waals surface area contributed by atoms with Crippen LogP contribution in [0.2, 0.25) is 0 Å². The number of carbonyl (C=O) groups excluding carboxylic acids is 2. The second-order valence-corrected chi connectivity index (χ2v) is 7.73.